The Morgan fingerprint density at radius 1 is 1.18 bits per heavy atom. The summed E-state index contributed by atoms with van der Waals surface area (Å²) in [6, 6.07) is 13.2. The summed E-state index contributed by atoms with van der Waals surface area (Å²) in [4.78, 5) is 31.6. The molecule has 1 aliphatic rings. The average molecular weight is 395 g/mol. The molecule has 3 aromatic rings. The molecule has 2 N–H and O–H groups in total. The molecular formula is C21H22N4O2S. The first-order valence-corrected chi connectivity index (χ1v) is 10.1. The van der Waals surface area contributed by atoms with E-state index < -0.39 is 0 Å². The number of thiazole rings is 1. The Labute approximate surface area is 167 Å². The molecule has 0 bridgehead atoms. The van der Waals surface area contributed by atoms with Gasteiger partial charge in [-0.15, -0.1) is 11.3 Å². The fraction of sp³-hybridized carbons (Fsp3) is 0.286. The lowest BCUT2D eigenvalue weighted by atomic mass is 10.1. The van der Waals surface area contributed by atoms with Crippen LogP contribution in [-0.4, -0.2) is 35.4 Å². The van der Waals surface area contributed by atoms with Gasteiger partial charge >= 0.3 is 6.03 Å². The molecule has 2 heterocycles. The van der Waals surface area contributed by atoms with Gasteiger partial charge in [0.15, 0.2) is 0 Å². The number of para-hydroxylation sites is 1. The minimum absolute atomic E-state index is 0.0140. The third-order valence-corrected chi connectivity index (χ3v) is 6.29. The highest BCUT2D eigenvalue weighted by Crippen LogP contribution is 2.36. The van der Waals surface area contributed by atoms with Crippen molar-refractivity contribution in [2.75, 3.05) is 18.9 Å². The number of nitrogens with zero attached hydrogens (tertiary/aromatic N) is 2. The van der Waals surface area contributed by atoms with Crippen molar-refractivity contribution in [1.82, 2.24) is 15.2 Å². The van der Waals surface area contributed by atoms with Gasteiger partial charge in [-0.1, -0.05) is 18.2 Å². The van der Waals surface area contributed by atoms with Crippen LogP contribution in [-0.2, 0) is 0 Å². The van der Waals surface area contributed by atoms with E-state index in [1.807, 2.05) is 36.1 Å². The maximum atomic E-state index is 13.0. The Bertz CT molecular complexity index is 1010. The number of hydrogen-bond donors (Lipinski definition) is 2. The first kappa shape index (κ1) is 18.4. The number of hydrogen-bond acceptors (Lipinski definition) is 4. The Morgan fingerprint density at radius 2 is 2.00 bits per heavy atom. The van der Waals surface area contributed by atoms with E-state index in [1.54, 1.807) is 30.5 Å². The van der Waals surface area contributed by atoms with Crippen molar-refractivity contribution < 1.29 is 9.59 Å². The lowest BCUT2D eigenvalue weighted by molar-refractivity contribution is 0.0962. The van der Waals surface area contributed by atoms with E-state index in [9.17, 15) is 9.59 Å². The van der Waals surface area contributed by atoms with Gasteiger partial charge in [0.05, 0.1) is 16.3 Å². The molecule has 2 aromatic carbocycles. The predicted octanol–water partition coefficient (Wildman–Crippen LogP) is 4.33. The van der Waals surface area contributed by atoms with E-state index in [0.29, 0.717) is 17.8 Å². The quantitative estimate of drug-likeness (QED) is 0.694. The summed E-state index contributed by atoms with van der Waals surface area (Å²) in [5.74, 6) is -0.165. The van der Waals surface area contributed by atoms with E-state index in [4.69, 9.17) is 4.98 Å². The van der Waals surface area contributed by atoms with Crippen molar-refractivity contribution in [3.05, 3.63) is 58.6 Å². The Kier molecular flexibility index (Phi) is 5.00. The van der Waals surface area contributed by atoms with Crippen LogP contribution >= 0.6 is 11.3 Å². The van der Waals surface area contributed by atoms with E-state index in [1.165, 1.54) is 0 Å². The molecule has 0 radical (unpaired) electrons. The topological polar surface area (TPSA) is 74.3 Å². The molecule has 0 saturated carbocycles. The van der Waals surface area contributed by atoms with Crippen LogP contribution in [0.3, 0.4) is 0 Å². The first-order valence-electron chi connectivity index (χ1n) is 9.33. The Balaban J connectivity index is 1.57. The predicted molar refractivity (Wildman–Crippen MR) is 112 cm³/mol. The fourth-order valence-corrected chi connectivity index (χ4v) is 4.75. The van der Waals surface area contributed by atoms with Crippen LogP contribution in [0.25, 0.3) is 10.2 Å². The van der Waals surface area contributed by atoms with E-state index >= 15 is 0 Å². The molecule has 3 amide bonds. The molecule has 1 aliphatic heterocycles. The Morgan fingerprint density at radius 3 is 2.79 bits per heavy atom. The number of rotatable bonds is 3. The number of likely N-dealkylation sites (tertiary alicyclic amines) is 1. The van der Waals surface area contributed by atoms with Crippen molar-refractivity contribution in [3.8, 4) is 0 Å². The van der Waals surface area contributed by atoms with Crippen LogP contribution in [0.5, 0.6) is 0 Å². The number of amides is 3. The lowest BCUT2D eigenvalue weighted by Crippen LogP contribution is -2.34. The zero-order valence-corrected chi connectivity index (χ0v) is 16.7. The zero-order chi connectivity index (χ0) is 19.7. The van der Waals surface area contributed by atoms with Crippen molar-refractivity contribution in [1.29, 1.82) is 0 Å². The van der Waals surface area contributed by atoms with Crippen LogP contribution in [0.15, 0.2) is 42.5 Å². The molecule has 1 fully saturated rings. The highest BCUT2D eigenvalue weighted by Gasteiger charge is 2.32. The third kappa shape index (κ3) is 3.33. The third-order valence-electron chi connectivity index (χ3n) is 5.16. The molecular weight excluding hydrogens is 372 g/mol. The summed E-state index contributed by atoms with van der Waals surface area (Å²) in [5, 5.41) is 6.60. The second-order valence-corrected chi connectivity index (χ2v) is 7.92. The number of carbonyl (C=O) groups is 2. The number of benzene rings is 2. The van der Waals surface area contributed by atoms with Crippen LogP contribution in [0.1, 0.15) is 39.8 Å². The molecule has 0 unspecified atom stereocenters. The molecule has 28 heavy (non-hydrogen) atoms. The molecule has 6 nitrogen and oxygen atoms in total. The van der Waals surface area contributed by atoms with Crippen molar-refractivity contribution in [2.24, 2.45) is 0 Å². The molecule has 144 valence electrons. The Hall–Kier alpha value is -2.93. The first-order chi connectivity index (χ1) is 13.6. The van der Waals surface area contributed by atoms with Gasteiger partial charge < -0.3 is 15.5 Å². The maximum Gasteiger partial charge on any atom is 0.322 e. The van der Waals surface area contributed by atoms with Crippen molar-refractivity contribution in [2.45, 2.75) is 25.8 Å². The van der Waals surface area contributed by atoms with Crippen LogP contribution in [0.4, 0.5) is 10.5 Å². The maximum absolute atomic E-state index is 13.0. The van der Waals surface area contributed by atoms with Crippen molar-refractivity contribution >= 4 is 39.2 Å². The summed E-state index contributed by atoms with van der Waals surface area (Å²) in [5.41, 5.74) is 2.94. The molecule has 7 heteroatoms. The smallest absolute Gasteiger partial charge is 0.322 e. The van der Waals surface area contributed by atoms with Gasteiger partial charge in [0.25, 0.3) is 5.91 Å². The number of anilines is 1. The number of aromatic nitrogens is 1. The molecule has 0 spiro atoms. The number of urea groups is 1. The summed E-state index contributed by atoms with van der Waals surface area (Å²) in [6.45, 7) is 2.54. The van der Waals surface area contributed by atoms with Gasteiger partial charge in [-0.3, -0.25) is 4.79 Å². The number of carbonyl (C=O) groups excluding carboxylic acids is 2. The number of fused-ring (bicyclic) bond motifs is 1. The minimum atomic E-state index is -0.165. The summed E-state index contributed by atoms with van der Waals surface area (Å²) in [7, 11) is 1.60. The summed E-state index contributed by atoms with van der Waals surface area (Å²) >= 11 is 1.65. The molecule has 1 aromatic heterocycles. The van der Waals surface area contributed by atoms with Gasteiger partial charge in [0.1, 0.15) is 5.01 Å². The highest BCUT2D eigenvalue weighted by atomic mass is 32.1. The summed E-state index contributed by atoms with van der Waals surface area (Å²) < 4.78 is 1.14. The largest absolute Gasteiger partial charge is 0.355 e. The SMILES string of the molecule is CNC(=O)c1cccc(NC(=O)N2CCC[C@H]2c2nc3ccccc3s2)c1C. The molecule has 4 rings (SSSR count). The zero-order valence-electron chi connectivity index (χ0n) is 15.9. The van der Waals surface area contributed by atoms with Gasteiger partial charge in [-0.25, -0.2) is 9.78 Å². The molecule has 1 atom stereocenters. The molecule has 1 saturated heterocycles. The second kappa shape index (κ2) is 7.59. The highest BCUT2D eigenvalue weighted by molar-refractivity contribution is 7.18. The second-order valence-electron chi connectivity index (χ2n) is 6.86. The van der Waals surface area contributed by atoms with Crippen LogP contribution in [0.2, 0.25) is 0 Å². The van der Waals surface area contributed by atoms with E-state index in [0.717, 1.165) is 33.6 Å². The van der Waals surface area contributed by atoms with Crippen LogP contribution < -0.4 is 10.6 Å². The monoisotopic (exact) mass is 394 g/mol. The van der Waals surface area contributed by atoms with Gasteiger partial charge in [-0.05, 0) is 49.6 Å². The van der Waals surface area contributed by atoms with E-state index in [-0.39, 0.29) is 18.0 Å². The molecule has 0 aliphatic carbocycles. The number of nitrogens with one attached hydrogen (secondary N) is 2. The lowest BCUT2D eigenvalue weighted by Gasteiger charge is -2.24. The average Bonchev–Trinajstić information content (AvgIpc) is 3.35. The van der Waals surface area contributed by atoms with E-state index in [2.05, 4.69) is 16.7 Å². The van der Waals surface area contributed by atoms with Gasteiger partial charge in [0, 0.05) is 24.8 Å². The van der Waals surface area contributed by atoms with Gasteiger partial charge in [0.2, 0.25) is 0 Å². The summed E-state index contributed by atoms with van der Waals surface area (Å²) in [6.07, 6.45) is 1.86. The standard InChI is InChI=1S/C21H22N4O2S/c1-13-14(19(26)22-2)7-5-9-15(13)24-21(27)25-12-6-10-17(25)20-23-16-8-3-4-11-18(16)28-20/h3-5,7-9,11,17H,6,10,12H2,1-2H3,(H,22,26)(H,24,27)/t17-/m0/s1. The normalized spacial score (nSPS) is 16.4. The van der Waals surface area contributed by atoms with Gasteiger partial charge in [-0.2, -0.15) is 0 Å². The van der Waals surface area contributed by atoms with Crippen molar-refractivity contribution in [3.63, 3.8) is 0 Å². The van der Waals surface area contributed by atoms with Crippen LogP contribution in [0, 0.1) is 6.92 Å². The minimum Gasteiger partial charge on any atom is -0.355 e. The fourth-order valence-electron chi connectivity index (χ4n) is 3.64.